The smallest absolute Gasteiger partial charge is 0.320 e. The van der Waals surface area contributed by atoms with E-state index < -0.39 is 0 Å². The number of carbonyl (C=O) groups excluding carboxylic acids is 1. The molecule has 2 amide bonds. The summed E-state index contributed by atoms with van der Waals surface area (Å²) in [5, 5.41) is 4.35. The van der Waals surface area contributed by atoms with Gasteiger partial charge in [-0.15, -0.1) is 0 Å². The zero-order valence-corrected chi connectivity index (χ0v) is 14.9. The number of hydrogen-bond acceptors (Lipinski definition) is 4. The van der Waals surface area contributed by atoms with Crippen molar-refractivity contribution in [3.05, 3.63) is 18.0 Å². The van der Waals surface area contributed by atoms with E-state index in [0.29, 0.717) is 32.3 Å². The second-order valence-electron chi connectivity index (χ2n) is 6.87. The minimum atomic E-state index is 0.146. The van der Waals surface area contributed by atoms with Crippen LogP contribution in [0.1, 0.15) is 18.4 Å². The quantitative estimate of drug-likeness (QED) is 0.825. The summed E-state index contributed by atoms with van der Waals surface area (Å²) in [5.41, 5.74) is 1.20. The molecule has 134 valence electrons. The molecule has 2 fully saturated rings. The molecule has 0 bridgehead atoms. The van der Waals surface area contributed by atoms with Gasteiger partial charge in [0.25, 0.3) is 0 Å². The summed E-state index contributed by atoms with van der Waals surface area (Å²) in [6.45, 7) is 8.73. The third-order valence-electron chi connectivity index (χ3n) is 5.02. The normalized spacial score (nSPS) is 22.6. The van der Waals surface area contributed by atoms with Crippen LogP contribution in [0.2, 0.25) is 0 Å². The Morgan fingerprint density at radius 2 is 2.12 bits per heavy atom. The molecular weight excluding hydrogens is 306 g/mol. The molecule has 3 rings (SSSR count). The molecule has 0 N–H and O–H groups in total. The Labute approximate surface area is 144 Å². The van der Waals surface area contributed by atoms with Crippen LogP contribution in [-0.2, 0) is 11.3 Å². The van der Waals surface area contributed by atoms with Crippen LogP contribution >= 0.6 is 0 Å². The van der Waals surface area contributed by atoms with E-state index in [9.17, 15) is 4.79 Å². The first-order valence-electron chi connectivity index (χ1n) is 8.94. The van der Waals surface area contributed by atoms with E-state index in [-0.39, 0.29) is 6.03 Å². The summed E-state index contributed by atoms with van der Waals surface area (Å²) in [4.78, 5) is 19.0. The van der Waals surface area contributed by atoms with E-state index in [1.807, 2.05) is 27.7 Å². The predicted molar refractivity (Wildman–Crippen MR) is 92.0 cm³/mol. The number of urea groups is 1. The third kappa shape index (κ3) is 4.27. The number of morpholine rings is 1. The molecule has 1 aromatic rings. The Hall–Kier alpha value is -1.60. The Bertz CT molecular complexity index is 541. The molecule has 24 heavy (non-hydrogen) atoms. The number of rotatable bonds is 4. The van der Waals surface area contributed by atoms with Gasteiger partial charge in [0.05, 0.1) is 26.0 Å². The van der Waals surface area contributed by atoms with Crippen molar-refractivity contribution in [1.82, 2.24) is 24.5 Å². The summed E-state index contributed by atoms with van der Waals surface area (Å²) < 4.78 is 7.34. The summed E-state index contributed by atoms with van der Waals surface area (Å²) in [7, 11) is 1.95. The maximum Gasteiger partial charge on any atom is 0.320 e. The number of ether oxygens (including phenoxy) is 1. The maximum atomic E-state index is 12.6. The van der Waals surface area contributed by atoms with E-state index in [2.05, 4.69) is 23.1 Å². The van der Waals surface area contributed by atoms with Crippen LogP contribution in [0.15, 0.2) is 12.4 Å². The highest BCUT2D eigenvalue weighted by Gasteiger charge is 2.29. The lowest BCUT2D eigenvalue weighted by atomic mass is 10.0. The lowest BCUT2D eigenvalue weighted by Gasteiger charge is -2.40. The number of carbonyl (C=O) groups is 1. The standard InChI is InChI=1S/C17H29N5O2/c1-15-12-18-22(13-15)7-6-20-5-3-4-16(14-20)19(2)17(23)21-8-10-24-11-9-21/h12-13,16H,3-11,14H2,1-2H3. The van der Waals surface area contributed by atoms with Crippen molar-refractivity contribution in [3.8, 4) is 0 Å². The van der Waals surface area contributed by atoms with Gasteiger partial charge in [-0.25, -0.2) is 4.79 Å². The molecule has 0 aromatic carbocycles. The molecule has 2 saturated heterocycles. The van der Waals surface area contributed by atoms with Gasteiger partial charge in [-0.3, -0.25) is 9.58 Å². The summed E-state index contributed by atoms with van der Waals surface area (Å²) >= 11 is 0. The molecule has 2 aliphatic rings. The molecule has 0 radical (unpaired) electrons. The molecule has 1 unspecified atom stereocenters. The summed E-state index contributed by atoms with van der Waals surface area (Å²) in [5.74, 6) is 0. The first-order valence-corrected chi connectivity index (χ1v) is 8.94. The average Bonchev–Trinajstić information content (AvgIpc) is 3.05. The molecule has 0 spiro atoms. The lowest BCUT2D eigenvalue weighted by Crippen LogP contribution is -2.54. The van der Waals surface area contributed by atoms with Crippen LogP contribution < -0.4 is 0 Å². The van der Waals surface area contributed by atoms with Crippen LogP contribution in [-0.4, -0.2) is 89.5 Å². The van der Waals surface area contributed by atoms with Gasteiger partial charge in [-0.1, -0.05) is 0 Å². The van der Waals surface area contributed by atoms with Crippen LogP contribution in [0.3, 0.4) is 0 Å². The average molecular weight is 335 g/mol. The van der Waals surface area contributed by atoms with Gasteiger partial charge in [-0.2, -0.15) is 5.10 Å². The summed E-state index contributed by atoms with van der Waals surface area (Å²) in [6.07, 6.45) is 6.21. The van der Waals surface area contributed by atoms with Crippen molar-refractivity contribution in [2.24, 2.45) is 0 Å². The number of piperidine rings is 1. The molecule has 0 aliphatic carbocycles. The fourth-order valence-corrected chi connectivity index (χ4v) is 3.52. The van der Waals surface area contributed by atoms with E-state index in [4.69, 9.17) is 4.74 Å². The second-order valence-corrected chi connectivity index (χ2v) is 6.87. The Balaban J connectivity index is 1.49. The minimum Gasteiger partial charge on any atom is -0.378 e. The monoisotopic (exact) mass is 335 g/mol. The number of likely N-dealkylation sites (tertiary alicyclic amines) is 1. The molecule has 7 nitrogen and oxygen atoms in total. The van der Waals surface area contributed by atoms with Crippen molar-refractivity contribution in [2.45, 2.75) is 32.4 Å². The highest BCUT2D eigenvalue weighted by molar-refractivity contribution is 5.74. The van der Waals surface area contributed by atoms with E-state index in [1.165, 1.54) is 5.56 Å². The highest BCUT2D eigenvalue weighted by atomic mass is 16.5. The van der Waals surface area contributed by atoms with Crippen LogP contribution in [0.5, 0.6) is 0 Å². The van der Waals surface area contributed by atoms with E-state index in [1.54, 1.807) is 0 Å². The number of hydrogen-bond donors (Lipinski definition) is 0. The molecule has 3 heterocycles. The van der Waals surface area contributed by atoms with Gasteiger partial charge < -0.3 is 14.5 Å². The van der Waals surface area contributed by atoms with Gasteiger partial charge in [0.15, 0.2) is 0 Å². The van der Waals surface area contributed by atoms with Gasteiger partial charge in [-0.05, 0) is 31.9 Å². The zero-order valence-electron chi connectivity index (χ0n) is 14.9. The number of nitrogens with zero attached hydrogens (tertiary/aromatic N) is 5. The van der Waals surface area contributed by atoms with Crippen LogP contribution in [0.4, 0.5) is 4.79 Å². The number of likely N-dealkylation sites (N-methyl/N-ethyl adjacent to an activating group) is 1. The minimum absolute atomic E-state index is 0.146. The van der Waals surface area contributed by atoms with Crippen molar-refractivity contribution in [1.29, 1.82) is 0 Å². The SMILES string of the molecule is Cc1cnn(CCN2CCCC(N(C)C(=O)N3CCOCC3)C2)c1. The molecule has 7 heteroatoms. The van der Waals surface area contributed by atoms with Crippen molar-refractivity contribution >= 4 is 6.03 Å². The van der Waals surface area contributed by atoms with Crippen LogP contribution in [0, 0.1) is 6.92 Å². The van der Waals surface area contributed by atoms with Crippen LogP contribution in [0.25, 0.3) is 0 Å². The Kier molecular flexibility index (Phi) is 5.73. The molecule has 0 saturated carbocycles. The summed E-state index contributed by atoms with van der Waals surface area (Å²) in [6, 6.07) is 0.446. The largest absolute Gasteiger partial charge is 0.378 e. The fraction of sp³-hybridized carbons (Fsp3) is 0.765. The lowest BCUT2D eigenvalue weighted by molar-refractivity contribution is 0.0367. The third-order valence-corrected chi connectivity index (χ3v) is 5.02. The maximum absolute atomic E-state index is 12.6. The Morgan fingerprint density at radius 3 is 2.83 bits per heavy atom. The second kappa shape index (κ2) is 7.98. The molecule has 1 aromatic heterocycles. The first-order chi connectivity index (χ1) is 11.6. The molecule has 1 atom stereocenters. The number of amides is 2. The van der Waals surface area contributed by atoms with Gasteiger partial charge in [0.1, 0.15) is 0 Å². The predicted octanol–water partition coefficient (Wildman–Crippen LogP) is 1.04. The van der Waals surface area contributed by atoms with Crippen molar-refractivity contribution in [3.63, 3.8) is 0 Å². The van der Waals surface area contributed by atoms with Crippen molar-refractivity contribution in [2.75, 3.05) is 53.0 Å². The van der Waals surface area contributed by atoms with E-state index in [0.717, 1.165) is 39.0 Å². The van der Waals surface area contributed by atoms with Gasteiger partial charge in [0.2, 0.25) is 0 Å². The van der Waals surface area contributed by atoms with Gasteiger partial charge >= 0.3 is 6.03 Å². The fourth-order valence-electron chi connectivity index (χ4n) is 3.52. The Morgan fingerprint density at radius 1 is 1.33 bits per heavy atom. The van der Waals surface area contributed by atoms with Crippen molar-refractivity contribution < 1.29 is 9.53 Å². The highest BCUT2D eigenvalue weighted by Crippen LogP contribution is 2.17. The topological polar surface area (TPSA) is 53.8 Å². The first kappa shape index (κ1) is 17.2. The van der Waals surface area contributed by atoms with E-state index >= 15 is 0 Å². The van der Waals surface area contributed by atoms with Gasteiger partial charge in [0, 0.05) is 45.5 Å². The molecular formula is C17H29N5O2. The zero-order chi connectivity index (χ0) is 16.9. The molecule has 2 aliphatic heterocycles. The number of aromatic nitrogens is 2. The number of aryl methyl sites for hydroxylation is 1.